The molecule has 2 aromatic carbocycles. The average Bonchev–Trinajstić information content (AvgIpc) is 2.65. The Bertz CT molecular complexity index is 930. The van der Waals surface area contributed by atoms with Gasteiger partial charge in [-0.1, -0.05) is 18.2 Å². The number of esters is 1. The molecule has 6 nitrogen and oxygen atoms in total. The molecule has 0 atom stereocenters. The first kappa shape index (κ1) is 17.3. The summed E-state index contributed by atoms with van der Waals surface area (Å²) >= 11 is 0. The molecular formula is C18H14F2N4O2. The van der Waals surface area contributed by atoms with E-state index in [4.69, 9.17) is 4.74 Å². The largest absolute Gasteiger partial charge is 0.465 e. The van der Waals surface area contributed by atoms with Crippen LogP contribution >= 0.6 is 0 Å². The van der Waals surface area contributed by atoms with E-state index in [9.17, 15) is 13.6 Å². The van der Waals surface area contributed by atoms with Gasteiger partial charge in [0.25, 0.3) is 0 Å². The van der Waals surface area contributed by atoms with Crippen molar-refractivity contribution in [3.8, 4) is 0 Å². The van der Waals surface area contributed by atoms with Crippen LogP contribution < -0.4 is 10.6 Å². The lowest BCUT2D eigenvalue weighted by Crippen LogP contribution is -2.06. The first-order valence-corrected chi connectivity index (χ1v) is 7.56. The Morgan fingerprint density at radius 3 is 2.31 bits per heavy atom. The Balaban J connectivity index is 1.86. The number of rotatable bonds is 5. The van der Waals surface area contributed by atoms with Gasteiger partial charge in [0.2, 0.25) is 0 Å². The van der Waals surface area contributed by atoms with Crippen molar-refractivity contribution in [2.75, 3.05) is 17.7 Å². The van der Waals surface area contributed by atoms with Gasteiger partial charge in [0, 0.05) is 6.07 Å². The number of methoxy groups -OCH3 is 1. The predicted molar refractivity (Wildman–Crippen MR) is 92.7 cm³/mol. The van der Waals surface area contributed by atoms with Crippen molar-refractivity contribution in [2.24, 2.45) is 0 Å². The molecule has 2 N–H and O–H groups in total. The Morgan fingerprint density at radius 1 is 0.962 bits per heavy atom. The highest BCUT2D eigenvalue weighted by atomic mass is 19.1. The van der Waals surface area contributed by atoms with E-state index in [1.807, 2.05) is 0 Å². The van der Waals surface area contributed by atoms with Gasteiger partial charge in [-0.25, -0.2) is 23.5 Å². The normalized spacial score (nSPS) is 10.3. The van der Waals surface area contributed by atoms with Crippen molar-refractivity contribution >= 4 is 29.0 Å². The standard InChI is InChI=1S/C18H14F2N4O2/c1-26-18(25)11-5-2-3-8-14(11)23-15-9-16(22-10-21-15)24-17-12(19)6-4-7-13(17)20/h2-10H,1H3,(H2,21,22,23,24). The number of benzene rings is 2. The molecule has 3 aromatic rings. The van der Waals surface area contributed by atoms with Crippen LogP contribution in [0.4, 0.5) is 31.8 Å². The third kappa shape index (κ3) is 3.75. The summed E-state index contributed by atoms with van der Waals surface area (Å²) in [6.07, 6.45) is 1.23. The summed E-state index contributed by atoms with van der Waals surface area (Å²) in [6, 6.07) is 11.7. The molecule has 0 aliphatic carbocycles. The van der Waals surface area contributed by atoms with Crippen molar-refractivity contribution in [2.45, 2.75) is 0 Å². The minimum atomic E-state index is -0.742. The van der Waals surface area contributed by atoms with Gasteiger partial charge >= 0.3 is 5.97 Å². The summed E-state index contributed by atoms with van der Waals surface area (Å²) in [5, 5.41) is 5.55. The van der Waals surface area contributed by atoms with E-state index in [-0.39, 0.29) is 11.5 Å². The molecule has 0 aliphatic heterocycles. The molecule has 0 saturated heterocycles. The van der Waals surface area contributed by atoms with Crippen LogP contribution in [0.15, 0.2) is 54.9 Å². The molecule has 0 aliphatic rings. The van der Waals surface area contributed by atoms with Gasteiger partial charge in [-0.05, 0) is 24.3 Å². The maximum Gasteiger partial charge on any atom is 0.339 e. The van der Waals surface area contributed by atoms with Gasteiger partial charge in [-0.15, -0.1) is 0 Å². The molecule has 0 fully saturated rings. The molecular weight excluding hydrogens is 342 g/mol. The van der Waals surface area contributed by atoms with Gasteiger partial charge in [0.15, 0.2) is 0 Å². The number of nitrogens with one attached hydrogen (secondary N) is 2. The molecule has 8 heteroatoms. The third-order valence-corrected chi connectivity index (χ3v) is 3.48. The van der Waals surface area contributed by atoms with Crippen molar-refractivity contribution in [1.82, 2.24) is 9.97 Å². The third-order valence-electron chi connectivity index (χ3n) is 3.48. The highest BCUT2D eigenvalue weighted by Gasteiger charge is 2.13. The second-order valence-electron chi connectivity index (χ2n) is 5.17. The molecule has 1 heterocycles. The van der Waals surface area contributed by atoms with Crippen LogP contribution in [0.5, 0.6) is 0 Å². The van der Waals surface area contributed by atoms with E-state index in [1.54, 1.807) is 24.3 Å². The van der Waals surface area contributed by atoms with Crippen LogP contribution in [0, 0.1) is 11.6 Å². The topological polar surface area (TPSA) is 76.1 Å². The van der Waals surface area contributed by atoms with Crippen LogP contribution in [0.3, 0.4) is 0 Å². The average molecular weight is 356 g/mol. The summed E-state index contributed by atoms with van der Waals surface area (Å²) in [6.45, 7) is 0. The smallest absolute Gasteiger partial charge is 0.339 e. The number of halogens is 2. The van der Waals surface area contributed by atoms with E-state index in [2.05, 4.69) is 20.6 Å². The van der Waals surface area contributed by atoms with Crippen molar-refractivity contribution in [3.63, 3.8) is 0 Å². The van der Waals surface area contributed by atoms with Gasteiger partial charge in [0.1, 0.15) is 35.3 Å². The Morgan fingerprint density at radius 2 is 1.62 bits per heavy atom. The SMILES string of the molecule is COC(=O)c1ccccc1Nc1cc(Nc2c(F)cccc2F)ncn1. The maximum absolute atomic E-state index is 13.8. The zero-order valence-electron chi connectivity index (χ0n) is 13.7. The van der Waals surface area contributed by atoms with Crippen LogP contribution in [0.2, 0.25) is 0 Å². The monoisotopic (exact) mass is 356 g/mol. The van der Waals surface area contributed by atoms with Crippen LogP contribution in [0.1, 0.15) is 10.4 Å². The van der Waals surface area contributed by atoms with Gasteiger partial charge in [-0.3, -0.25) is 0 Å². The summed E-state index contributed by atoms with van der Waals surface area (Å²) < 4.78 is 32.2. The predicted octanol–water partition coefficient (Wildman–Crippen LogP) is 4.03. The van der Waals surface area contributed by atoms with Gasteiger partial charge < -0.3 is 15.4 Å². The second kappa shape index (κ2) is 7.56. The van der Waals surface area contributed by atoms with E-state index in [0.717, 1.165) is 12.1 Å². The van der Waals surface area contributed by atoms with Crippen LogP contribution in [0.25, 0.3) is 0 Å². The summed E-state index contributed by atoms with van der Waals surface area (Å²) in [5.41, 5.74) is 0.483. The number of carbonyl (C=O) groups excluding carboxylic acids is 1. The minimum Gasteiger partial charge on any atom is -0.465 e. The quantitative estimate of drug-likeness (QED) is 0.672. The Kier molecular flexibility index (Phi) is 5.02. The fourth-order valence-corrected chi connectivity index (χ4v) is 2.26. The molecule has 1 aromatic heterocycles. The Labute approximate surface area is 147 Å². The summed E-state index contributed by atoms with van der Waals surface area (Å²) in [7, 11) is 1.29. The molecule has 0 saturated carbocycles. The molecule has 0 unspecified atom stereocenters. The number of aromatic nitrogens is 2. The second-order valence-corrected chi connectivity index (χ2v) is 5.17. The summed E-state index contributed by atoms with van der Waals surface area (Å²) in [4.78, 5) is 19.8. The molecule has 0 bridgehead atoms. The lowest BCUT2D eigenvalue weighted by molar-refractivity contribution is 0.0602. The minimum absolute atomic E-state index is 0.182. The number of hydrogen-bond acceptors (Lipinski definition) is 6. The molecule has 0 spiro atoms. The number of hydrogen-bond donors (Lipinski definition) is 2. The van der Waals surface area contributed by atoms with E-state index < -0.39 is 17.6 Å². The zero-order chi connectivity index (χ0) is 18.5. The van der Waals surface area contributed by atoms with Gasteiger partial charge in [0.05, 0.1) is 18.4 Å². The number of carbonyl (C=O) groups is 1. The number of para-hydroxylation sites is 2. The van der Waals surface area contributed by atoms with Crippen molar-refractivity contribution in [1.29, 1.82) is 0 Å². The molecule has 132 valence electrons. The number of nitrogens with zero attached hydrogens (tertiary/aromatic N) is 2. The first-order chi connectivity index (χ1) is 12.6. The highest BCUT2D eigenvalue weighted by molar-refractivity contribution is 5.96. The van der Waals surface area contributed by atoms with E-state index in [0.29, 0.717) is 17.1 Å². The molecule has 0 radical (unpaired) electrons. The molecule has 0 amide bonds. The van der Waals surface area contributed by atoms with Crippen molar-refractivity contribution in [3.05, 3.63) is 72.1 Å². The van der Waals surface area contributed by atoms with Crippen LogP contribution in [-0.4, -0.2) is 23.0 Å². The molecule has 26 heavy (non-hydrogen) atoms. The lowest BCUT2D eigenvalue weighted by Gasteiger charge is -2.12. The zero-order valence-corrected chi connectivity index (χ0v) is 13.7. The highest BCUT2D eigenvalue weighted by Crippen LogP contribution is 2.25. The number of anilines is 4. The number of ether oxygens (including phenoxy) is 1. The molecule has 3 rings (SSSR count). The lowest BCUT2D eigenvalue weighted by atomic mass is 10.2. The Hall–Kier alpha value is -3.55. The van der Waals surface area contributed by atoms with Crippen molar-refractivity contribution < 1.29 is 18.3 Å². The fraction of sp³-hybridized carbons (Fsp3) is 0.0556. The van der Waals surface area contributed by atoms with Crippen LogP contribution in [-0.2, 0) is 4.74 Å². The van der Waals surface area contributed by atoms with Gasteiger partial charge in [-0.2, -0.15) is 0 Å². The fourth-order valence-electron chi connectivity index (χ4n) is 2.26. The maximum atomic E-state index is 13.8. The van der Waals surface area contributed by atoms with E-state index in [1.165, 1.54) is 25.6 Å². The first-order valence-electron chi connectivity index (χ1n) is 7.56. The summed E-state index contributed by atoms with van der Waals surface area (Å²) in [5.74, 6) is -1.48. The van der Waals surface area contributed by atoms with E-state index >= 15 is 0 Å².